The molecule has 0 bridgehead atoms. The van der Waals surface area contributed by atoms with Crippen LogP contribution in [0.5, 0.6) is 5.75 Å². The van der Waals surface area contributed by atoms with Crippen LogP contribution in [0.15, 0.2) is 48.5 Å². The van der Waals surface area contributed by atoms with Crippen molar-refractivity contribution in [2.75, 3.05) is 0 Å². The van der Waals surface area contributed by atoms with Gasteiger partial charge in [0, 0.05) is 0 Å². The van der Waals surface area contributed by atoms with Crippen molar-refractivity contribution in [1.29, 1.82) is 0 Å². The van der Waals surface area contributed by atoms with E-state index in [1.807, 2.05) is 12.1 Å². The van der Waals surface area contributed by atoms with Gasteiger partial charge in [0.1, 0.15) is 5.75 Å². The number of carbonyl (C=O) groups is 2. The summed E-state index contributed by atoms with van der Waals surface area (Å²) < 4.78 is 5.24. The Morgan fingerprint density at radius 2 is 1.71 bits per heavy atom. The molecular weight excluding hydrogens is 268 g/mol. The maximum absolute atomic E-state index is 12.0. The molecule has 4 heteroatoms. The van der Waals surface area contributed by atoms with Crippen molar-refractivity contribution in [3.63, 3.8) is 0 Å². The molecule has 0 heterocycles. The molecule has 0 unspecified atom stereocenters. The Balaban J connectivity index is 2.10. The highest BCUT2D eigenvalue weighted by molar-refractivity contribution is 5.95. The summed E-state index contributed by atoms with van der Waals surface area (Å²) in [6, 6.07) is 13.1. The van der Waals surface area contributed by atoms with E-state index in [-0.39, 0.29) is 11.1 Å². The van der Waals surface area contributed by atoms with E-state index < -0.39 is 11.9 Å². The monoisotopic (exact) mass is 284 g/mol. The normalized spacial score (nSPS) is 10.1. The lowest BCUT2D eigenvalue weighted by molar-refractivity contribution is 0.0697. The van der Waals surface area contributed by atoms with Gasteiger partial charge in [-0.25, -0.2) is 9.59 Å². The zero-order valence-corrected chi connectivity index (χ0v) is 11.7. The number of esters is 1. The second-order valence-electron chi connectivity index (χ2n) is 4.67. The molecular formula is C17H16O4. The Kier molecular flexibility index (Phi) is 4.72. The number of aryl methyl sites for hydroxylation is 1. The summed E-state index contributed by atoms with van der Waals surface area (Å²) >= 11 is 0. The minimum Gasteiger partial charge on any atom is -0.478 e. The largest absolute Gasteiger partial charge is 0.478 e. The molecule has 0 saturated heterocycles. The van der Waals surface area contributed by atoms with Crippen LogP contribution in [-0.2, 0) is 6.42 Å². The first-order valence-corrected chi connectivity index (χ1v) is 6.74. The minimum absolute atomic E-state index is 0.0581. The van der Waals surface area contributed by atoms with E-state index in [9.17, 15) is 9.59 Å². The third-order valence-electron chi connectivity index (χ3n) is 3.02. The van der Waals surface area contributed by atoms with E-state index in [0.29, 0.717) is 5.75 Å². The molecule has 2 aromatic rings. The first-order chi connectivity index (χ1) is 10.1. The van der Waals surface area contributed by atoms with Crippen molar-refractivity contribution in [2.24, 2.45) is 0 Å². The predicted molar refractivity (Wildman–Crippen MR) is 78.8 cm³/mol. The summed E-state index contributed by atoms with van der Waals surface area (Å²) in [5, 5.41) is 8.91. The maximum atomic E-state index is 12.0. The topological polar surface area (TPSA) is 63.6 Å². The Labute approximate surface area is 123 Å². The van der Waals surface area contributed by atoms with Crippen LogP contribution < -0.4 is 4.74 Å². The van der Waals surface area contributed by atoms with Gasteiger partial charge in [0.15, 0.2) is 0 Å². The number of benzene rings is 2. The number of hydrogen-bond donors (Lipinski definition) is 1. The molecule has 1 N–H and O–H groups in total. The Morgan fingerprint density at radius 3 is 2.33 bits per heavy atom. The average molecular weight is 284 g/mol. The van der Waals surface area contributed by atoms with Crippen molar-refractivity contribution in [2.45, 2.75) is 19.8 Å². The van der Waals surface area contributed by atoms with Gasteiger partial charge in [-0.15, -0.1) is 0 Å². The Bertz CT molecular complexity index is 644. The molecule has 0 aromatic heterocycles. The highest BCUT2D eigenvalue weighted by Crippen LogP contribution is 2.16. The lowest BCUT2D eigenvalue weighted by atomic mass is 10.1. The third-order valence-corrected chi connectivity index (χ3v) is 3.02. The SMILES string of the molecule is CCCc1ccc(OC(=O)c2cccc(C(=O)O)c2)cc1. The summed E-state index contributed by atoms with van der Waals surface area (Å²) in [7, 11) is 0. The van der Waals surface area contributed by atoms with Crippen LogP contribution in [0.4, 0.5) is 0 Å². The van der Waals surface area contributed by atoms with Gasteiger partial charge < -0.3 is 9.84 Å². The zero-order valence-electron chi connectivity index (χ0n) is 11.7. The number of carbonyl (C=O) groups excluding carboxylic acids is 1. The average Bonchev–Trinajstić information content (AvgIpc) is 2.49. The smallest absolute Gasteiger partial charge is 0.343 e. The third kappa shape index (κ3) is 3.92. The van der Waals surface area contributed by atoms with E-state index in [0.717, 1.165) is 12.8 Å². The molecule has 0 aliphatic carbocycles. The van der Waals surface area contributed by atoms with Gasteiger partial charge in [-0.05, 0) is 42.3 Å². The van der Waals surface area contributed by atoms with Crippen LogP contribution >= 0.6 is 0 Å². The molecule has 0 saturated carbocycles. The fourth-order valence-corrected chi connectivity index (χ4v) is 1.96. The van der Waals surface area contributed by atoms with Crippen LogP contribution in [-0.4, -0.2) is 17.0 Å². The molecule has 0 aliphatic rings. The van der Waals surface area contributed by atoms with Crippen molar-refractivity contribution < 1.29 is 19.4 Å². The number of rotatable bonds is 5. The van der Waals surface area contributed by atoms with Gasteiger partial charge in [0.05, 0.1) is 11.1 Å². The quantitative estimate of drug-likeness (QED) is 0.673. The van der Waals surface area contributed by atoms with Crippen molar-refractivity contribution in [3.8, 4) is 5.75 Å². The number of ether oxygens (including phenoxy) is 1. The molecule has 4 nitrogen and oxygen atoms in total. The van der Waals surface area contributed by atoms with Crippen molar-refractivity contribution >= 4 is 11.9 Å². The molecule has 0 radical (unpaired) electrons. The van der Waals surface area contributed by atoms with Crippen LogP contribution in [0.25, 0.3) is 0 Å². The predicted octanol–water partition coefficient (Wildman–Crippen LogP) is 3.56. The molecule has 0 aliphatic heterocycles. The number of aromatic carboxylic acids is 1. The maximum Gasteiger partial charge on any atom is 0.343 e. The van der Waals surface area contributed by atoms with E-state index in [1.165, 1.54) is 29.8 Å². The summed E-state index contributed by atoms with van der Waals surface area (Å²) in [4.78, 5) is 22.9. The first kappa shape index (κ1) is 14.8. The molecule has 0 spiro atoms. The second-order valence-corrected chi connectivity index (χ2v) is 4.67. The molecule has 2 aromatic carbocycles. The molecule has 21 heavy (non-hydrogen) atoms. The first-order valence-electron chi connectivity index (χ1n) is 6.74. The fourth-order valence-electron chi connectivity index (χ4n) is 1.96. The summed E-state index contributed by atoms with van der Waals surface area (Å²) in [5.74, 6) is -1.20. The lowest BCUT2D eigenvalue weighted by Crippen LogP contribution is -2.09. The van der Waals surface area contributed by atoms with Crippen LogP contribution in [0.2, 0.25) is 0 Å². The van der Waals surface area contributed by atoms with Crippen LogP contribution in [0.1, 0.15) is 39.6 Å². The van der Waals surface area contributed by atoms with Crippen LogP contribution in [0.3, 0.4) is 0 Å². The van der Waals surface area contributed by atoms with Gasteiger partial charge in [-0.2, -0.15) is 0 Å². The summed E-state index contributed by atoms with van der Waals surface area (Å²) in [5.41, 5.74) is 1.46. The van der Waals surface area contributed by atoms with Crippen LogP contribution in [0, 0.1) is 0 Å². The molecule has 2 rings (SSSR count). The second kappa shape index (κ2) is 6.70. The lowest BCUT2D eigenvalue weighted by Gasteiger charge is -2.06. The minimum atomic E-state index is -1.08. The molecule has 0 fully saturated rings. The standard InChI is InChI=1S/C17H16O4/c1-2-4-12-7-9-15(10-8-12)21-17(20)14-6-3-5-13(11-14)16(18)19/h3,5-11H,2,4H2,1H3,(H,18,19). The van der Waals surface area contributed by atoms with Gasteiger partial charge in [-0.1, -0.05) is 31.5 Å². The van der Waals surface area contributed by atoms with Crippen molar-refractivity contribution in [1.82, 2.24) is 0 Å². The fraction of sp³-hybridized carbons (Fsp3) is 0.176. The highest BCUT2D eigenvalue weighted by atomic mass is 16.5. The molecule has 0 atom stereocenters. The van der Waals surface area contributed by atoms with Gasteiger partial charge in [0.25, 0.3) is 0 Å². The zero-order chi connectivity index (χ0) is 15.2. The number of hydrogen-bond acceptors (Lipinski definition) is 3. The number of carboxylic acids is 1. The van der Waals surface area contributed by atoms with Crippen molar-refractivity contribution in [3.05, 3.63) is 65.2 Å². The van der Waals surface area contributed by atoms with E-state index in [4.69, 9.17) is 9.84 Å². The summed E-state index contributed by atoms with van der Waals surface area (Å²) in [6.45, 7) is 2.10. The summed E-state index contributed by atoms with van der Waals surface area (Å²) in [6.07, 6.45) is 2.04. The van der Waals surface area contributed by atoms with Gasteiger partial charge >= 0.3 is 11.9 Å². The van der Waals surface area contributed by atoms with Gasteiger partial charge in [-0.3, -0.25) is 0 Å². The Hall–Kier alpha value is -2.62. The Morgan fingerprint density at radius 1 is 1.05 bits per heavy atom. The van der Waals surface area contributed by atoms with Gasteiger partial charge in [0.2, 0.25) is 0 Å². The highest BCUT2D eigenvalue weighted by Gasteiger charge is 2.11. The molecule has 108 valence electrons. The van der Waals surface area contributed by atoms with E-state index in [2.05, 4.69) is 6.92 Å². The van der Waals surface area contributed by atoms with E-state index >= 15 is 0 Å². The van der Waals surface area contributed by atoms with E-state index in [1.54, 1.807) is 12.1 Å². The molecule has 0 amide bonds. The number of carboxylic acid groups (broad SMARTS) is 1.